The molecule has 174 valence electrons. The van der Waals surface area contributed by atoms with Crippen molar-refractivity contribution < 1.29 is 17.9 Å². The lowest BCUT2D eigenvalue weighted by Crippen LogP contribution is -2.41. The average Bonchev–Trinajstić information content (AvgIpc) is 2.79. The first-order valence-electron chi connectivity index (χ1n) is 10.9. The second kappa shape index (κ2) is 10.5. The molecule has 1 amide bonds. The molecule has 0 aliphatic rings. The summed E-state index contributed by atoms with van der Waals surface area (Å²) in [6, 6.07) is 20.8. The Hall–Kier alpha value is -3.32. The van der Waals surface area contributed by atoms with E-state index in [1.807, 2.05) is 64.1 Å². The average molecular weight is 467 g/mol. The second-order valence-corrected chi connectivity index (χ2v) is 9.77. The molecule has 3 aromatic carbocycles. The van der Waals surface area contributed by atoms with E-state index >= 15 is 0 Å². The minimum absolute atomic E-state index is 0.136. The normalized spacial score (nSPS) is 12.1. The number of hydrogen-bond acceptors (Lipinski definition) is 4. The fraction of sp³-hybridized carbons (Fsp3) is 0.269. The third kappa shape index (κ3) is 5.93. The summed E-state index contributed by atoms with van der Waals surface area (Å²) in [5.41, 5.74) is 3.17. The monoisotopic (exact) mass is 466 g/mol. The molecule has 1 atom stereocenters. The first kappa shape index (κ1) is 24.3. The molecule has 0 aromatic heterocycles. The summed E-state index contributed by atoms with van der Waals surface area (Å²) < 4.78 is 33.6. The molecule has 33 heavy (non-hydrogen) atoms. The molecule has 0 aliphatic carbocycles. The number of rotatable bonds is 9. The number of amides is 1. The van der Waals surface area contributed by atoms with Crippen molar-refractivity contribution in [1.82, 2.24) is 5.32 Å². The van der Waals surface area contributed by atoms with E-state index in [0.717, 1.165) is 22.4 Å². The summed E-state index contributed by atoms with van der Waals surface area (Å²) in [6.45, 7) is 7.81. The van der Waals surface area contributed by atoms with Gasteiger partial charge < -0.3 is 10.1 Å². The quantitative estimate of drug-likeness (QED) is 0.493. The van der Waals surface area contributed by atoms with Crippen LogP contribution in [0.15, 0.2) is 77.7 Å². The molecule has 0 spiro atoms. The summed E-state index contributed by atoms with van der Waals surface area (Å²) >= 11 is 0. The van der Waals surface area contributed by atoms with E-state index in [-0.39, 0.29) is 17.5 Å². The van der Waals surface area contributed by atoms with Crippen LogP contribution in [-0.4, -0.2) is 27.5 Å². The highest BCUT2D eigenvalue weighted by molar-refractivity contribution is 7.92. The van der Waals surface area contributed by atoms with Crippen LogP contribution in [0.3, 0.4) is 0 Å². The van der Waals surface area contributed by atoms with Gasteiger partial charge in [-0.15, -0.1) is 0 Å². The molecule has 6 nitrogen and oxygen atoms in total. The van der Waals surface area contributed by atoms with Crippen molar-refractivity contribution in [2.24, 2.45) is 0 Å². The number of nitrogens with one attached hydrogen (secondary N) is 1. The highest BCUT2D eigenvalue weighted by Gasteiger charge is 2.28. The zero-order valence-corrected chi connectivity index (χ0v) is 20.2. The largest absolute Gasteiger partial charge is 0.494 e. The lowest BCUT2D eigenvalue weighted by molar-refractivity contribution is -0.120. The number of carbonyl (C=O) groups excluding carboxylic acids is 1. The van der Waals surface area contributed by atoms with Crippen LogP contribution >= 0.6 is 0 Å². The molecule has 7 heteroatoms. The Morgan fingerprint density at radius 1 is 1.00 bits per heavy atom. The minimum Gasteiger partial charge on any atom is -0.494 e. The van der Waals surface area contributed by atoms with Crippen molar-refractivity contribution >= 4 is 21.6 Å². The molecule has 3 rings (SSSR count). The van der Waals surface area contributed by atoms with Crippen molar-refractivity contribution in [3.8, 4) is 5.75 Å². The van der Waals surface area contributed by atoms with E-state index in [2.05, 4.69) is 5.32 Å². The van der Waals surface area contributed by atoms with Crippen LogP contribution in [0.1, 0.15) is 36.6 Å². The molecule has 0 bridgehead atoms. The van der Waals surface area contributed by atoms with Crippen LogP contribution in [0.4, 0.5) is 5.69 Å². The third-order valence-corrected chi connectivity index (χ3v) is 7.08. The fourth-order valence-electron chi connectivity index (χ4n) is 3.62. The number of ether oxygens (including phenoxy) is 1. The number of sulfonamides is 1. The van der Waals surface area contributed by atoms with Crippen LogP contribution in [0, 0.1) is 13.8 Å². The van der Waals surface area contributed by atoms with Gasteiger partial charge in [-0.1, -0.05) is 48.0 Å². The van der Waals surface area contributed by atoms with Gasteiger partial charge in [0.1, 0.15) is 12.3 Å². The maximum Gasteiger partial charge on any atom is 0.264 e. The zero-order chi connectivity index (χ0) is 24.0. The molecule has 0 radical (unpaired) electrons. The lowest BCUT2D eigenvalue weighted by Gasteiger charge is -2.26. The highest BCUT2D eigenvalue weighted by Crippen LogP contribution is 2.27. The van der Waals surface area contributed by atoms with Gasteiger partial charge in [0, 0.05) is 0 Å². The molecular formula is C26H30N2O4S. The van der Waals surface area contributed by atoms with E-state index in [9.17, 15) is 13.2 Å². The van der Waals surface area contributed by atoms with E-state index < -0.39 is 15.9 Å². The van der Waals surface area contributed by atoms with E-state index in [1.54, 1.807) is 24.3 Å². The molecular weight excluding hydrogens is 436 g/mol. The number of aryl methyl sites for hydroxylation is 2. The summed E-state index contributed by atoms with van der Waals surface area (Å²) in [5.74, 6) is 0.366. The molecule has 0 aliphatic heterocycles. The lowest BCUT2D eigenvalue weighted by atomic mass is 10.1. The molecule has 0 saturated heterocycles. The van der Waals surface area contributed by atoms with E-state index in [0.29, 0.717) is 12.3 Å². The summed E-state index contributed by atoms with van der Waals surface area (Å²) in [5, 5.41) is 2.92. The van der Waals surface area contributed by atoms with Gasteiger partial charge in [-0.2, -0.15) is 0 Å². The number of benzene rings is 3. The van der Waals surface area contributed by atoms with Gasteiger partial charge in [-0.25, -0.2) is 8.42 Å². The summed E-state index contributed by atoms with van der Waals surface area (Å²) in [6.07, 6.45) is 0. The Morgan fingerprint density at radius 2 is 1.67 bits per heavy atom. The van der Waals surface area contributed by atoms with Gasteiger partial charge in [0.05, 0.1) is 23.2 Å². The first-order valence-corrected chi connectivity index (χ1v) is 12.3. The van der Waals surface area contributed by atoms with Crippen LogP contribution < -0.4 is 14.4 Å². The molecule has 0 fully saturated rings. The number of carbonyl (C=O) groups is 1. The van der Waals surface area contributed by atoms with Crippen molar-refractivity contribution in [3.05, 3.63) is 89.5 Å². The SMILES string of the molecule is CCOc1ccc([C@@H](C)NC(=O)CN(c2ccc(C)cc2C)S(=O)(=O)c2ccccc2)cc1. The van der Waals surface area contributed by atoms with Crippen LogP contribution in [-0.2, 0) is 14.8 Å². The minimum atomic E-state index is -3.94. The van der Waals surface area contributed by atoms with Gasteiger partial charge in [0.15, 0.2) is 0 Å². The van der Waals surface area contributed by atoms with Crippen molar-refractivity contribution in [3.63, 3.8) is 0 Å². The van der Waals surface area contributed by atoms with Crippen LogP contribution in [0.5, 0.6) is 5.75 Å². The maximum atomic E-state index is 13.5. The van der Waals surface area contributed by atoms with Crippen LogP contribution in [0.25, 0.3) is 0 Å². The summed E-state index contributed by atoms with van der Waals surface area (Å²) in [4.78, 5) is 13.1. The summed E-state index contributed by atoms with van der Waals surface area (Å²) in [7, 11) is -3.94. The number of nitrogens with zero attached hydrogens (tertiary/aromatic N) is 1. The van der Waals surface area contributed by atoms with Crippen molar-refractivity contribution in [2.75, 3.05) is 17.5 Å². The van der Waals surface area contributed by atoms with Gasteiger partial charge in [-0.3, -0.25) is 9.10 Å². The Balaban J connectivity index is 1.86. The first-order chi connectivity index (χ1) is 15.7. The van der Waals surface area contributed by atoms with Gasteiger partial charge >= 0.3 is 0 Å². The third-order valence-electron chi connectivity index (χ3n) is 5.31. The predicted molar refractivity (Wildman–Crippen MR) is 131 cm³/mol. The smallest absolute Gasteiger partial charge is 0.264 e. The Labute approximate surface area is 196 Å². The van der Waals surface area contributed by atoms with Gasteiger partial charge in [0.2, 0.25) is 5.91 Å². The zero-order valence-electron chi connectivity index (χ0n) is 19.4. The standard InChI is InChI=1S/C26H30N2O4S/c1-5-32-23-14-12-22(13-15-23)21(4)27-26(29)18-28(25-16-11-19(2)17-20(25)3)33(30,31)24-9-7-6-8-10-24/h6-17,21H,5,18H2,1-4H3,(H,27,29)/t21-/m1/s1. The molecule has 0 saturated carbocycles. The van der Waals surface area contributed by atoms with Crippen molar-refractivity contribution in [1.29, 1.82) is 0 Å². The van der Waals surface area contributed by atoms with E-state index in [1.165, 1.54) is 16.4 Å². The number of hydrogen-bond donors (Lipinski definition) is 1. The Bertz CT molecular complexity index is 1190. The second-order valence-electron chi connectivity index (χ2n) is 7.91. The predicted octanol–water partition coefficient (Wildman–Crippen LogP) is 4.77. The fourth-order valence-corrected chi connectivity index (χ4v) is 5.13. The molecule has 0 heterocycles. The highest BCUT2D eigenvalue weighted by atomic mass is 32.2. The van der Waals surface area contributed by atoms with Gasteiger partial charge in [-0.05, 0) is 69.2 Å². The molecule has 0 unspecified atom stereocenters. The number of anilines is 1. The van der Waals surface area contributed by atoms with Crippen molar-refractivity contribution in [2.45, 2.75) is 38.6 Å². The van der Waals surface area contributed by atoms with Crippen LogP contribution in [0.2, 0.25) is 0 Å². The maximum absolute atomic E-state index is 13.5. The van der Waals surface area contributed by atoms with E-state index in [4.69, 9.17) is 4.74 Å². The Kier molecular flexibility index (Phi) is 7.76. The van der Waals surface area contributed by atoms with Gasteiger partial charge in [0.25, 0.3) is 10.0 Å². The topological polar surface area (TPSA) is 75.7 Å². The Morgan fingerprint density at radius 3 is 2.27 bits per heavy atom. The molecule has 1 N–H and O–H groups in total. The molecule has 3 aromatic rings.